The Bertz CT molecular complexity index is 754. The minimum Gasteiger partial charge on any atom is -0.395 e. The summed E-state index contributed by atoms with van der Waals surface area (Å²) in [6.07, 6.45) is 1.78. The zero-order chi connectivity index (χ0) is 16.3. The molecule has 0 radical (unpaired) electrons. The van der Waals surface area contributed by atoms with Crippen molar-refractivity contribution < 1.29 is 13.5 Å². The molecule has 1 heterocycles. The number of benzene rings is 1. The largest absolute Gasteiger partial charge is 0.395 e. The van der Waals surface area contributed by atoms with E-state index < -0.39 is 16.1 Å². The van der Waals surface area contributed by atoms with Gasteiger partial charge in [0.05, 0.1) is 29.2 Å². The van der Waals surface area contributed by atoms with Crippen LogP contribution in [0, 0.1) is 6.92 Å². The van der Waals surface area contributed by atoms with Gasteiger partial charge in [-0.25, -0.2) is 17.8 Å². The third-order valence-electron chi connectivity index (χ3n) is 3.37. The van der Waals surface area contributed by atoms with Gasteiger partial charge in [0, 0.05) is 6.04 Å². The number of rotatable bonds is 6. The van der Waals surface area contributed by atoms with Crippen LogP contribution in [-0.4, -0.2) is 36.0 Å². The van der Waals surface area contributed by atoms with Crippen molar-refractivity contribution in [3.63, 3.8) is 0 Å². The zero-order valence-corrected chi connectivity index (χ0v) is 13.9. The number of aliphatic hydroxyl groups is 1. The van der Waals surface area contributed by atoms with Gasteiger partial charge in [-0.1, -0.05) is 30.7 Å². The molecule has 1 aromatic carbocycles. The van der Waals surface area contributed by atoms with Crippen LogP contribution in [0.1, 0.15) is 19.0 Å². The standard InChI is InChI=1S/C14H18ClN3O3S/c1-3-11(9-19)17-22(20,21)14-8-16-18(10(14)2)13-7-5-4-6-12(13)15/h4-8,11,17,19H,3,9H2,1-2H3/t11-/m0/s1. The molecule has 0 unspecified atom stereocenters. The van der Waals surface area contributed by atoms with Gasteiger partial charge in [-0.2, -0.15) is 5.10 Å². The Balaban J connectivity index is 2.42. The molecule has 22 heavy (non-hydrogen) atoms. The Kier molecular flexibility index (Phi) is 5.23. The molecule has 1 atom stereocenters. The highest BCUT2D eigenvalue weighted by molar-refractivity contribution is 7.89. The normalized spacial score (nSPS) is 13.3. The second kappa shape index (κ2) is 6.78. The lowest BCUT2D eigenvalue weighted by atomic mass is 10.3. The fourth-order valence-electron chi connectivity index (χ4n) is 2.06. The van der Waals surface area contributed by atoms with Crippen LogP contribution in [0.3, 0.4) is 0 Å². The molecule has 0 aliphatic rings. The number of nitrogens with one attached hydrogen (secondary N) is 1. The number of nitrogens with zero attached hydrogens (tertiary/aromatic N) is 2. The van der Waals surface area contributed by atoms with Crippen LogP contribution in [0.25, 0.3) is 5.69 Å². The summed E-state index contributed by atoms with van der Waals surface area (Å²) in [6.45, 7) is 3.20. The smallest absolute Gasteiger partial charge is 0.244 e. The maximum Gasteiger partial charge on any atom is 0.244 e. The molecule has 0 bridgehead atoms. The first-order chi connectivity index (χ1) is 10.4. The number of sulfonamides is 1. The molecule has 2 rings (SSSR count). The molecule has 8 heteroatoms. The predicted molar refractivity (Wildman–Crippen MR) is 84.8 cm³/mol. The molecule has 2 N–H and O–H groups in total. The van der Waals surface area contributed by atoms with E-state index in [4.69, 9.17) is 16.7 Å². The fraction of sp³-hybridized carbons (Fsp3) is 0.357. The van der Waals surface area contributed by atoms with Gasteiger partial charge in [-0.05, 0) is 25.5 Å². The van der Waals surface area contributed by atoms with E-state index >= 15 is 0 Å². The van der Waals surface area contributed by atoms with Crippen molar-refractivity contribution in [2.45, 2.75) is 31.2 Å². The first-order valence-corrected chi connectivity index (χ1v) is 8.69. The SMILES string of the molecule is CC[C@@H](CO)NS(=O)(=O)c1cnn(-c2ccccc2Cl)c1C. The minimum atomic E-state index is -3.75. The Morgan fingerprint density at radius 3 is 2.68 bits per heavy atom. The Hall–Kier alpha value is -1.41. The second-order valence-electron chi connectivity index (χ2n) is 4.87. The highest BCUT2D eigenvalue weighted by Gasteiger charge is 2.24. The molecule has 0 fully saturated rings. The number of para-hydroxylation sites is 1. The van der Waals surface area contributed by atoms with Crippen molar-refractivity contribution in [3.8, 4) is 5.69 Å². The Morgan fingerprint density at radius 1 is 1.41 bits per heavy atom. The van der Waals surface area contributed by atoms with Crippen molar-refractivity contribution in [1.29, 1.82) is 0 Å². The lowest BCUT2D eigenvalue weighted by Gasteiger charge is -2.14. The Morgan fingerprint density at radius 2 is 2.09 bits per heavy atom. The van der Waals surface area contributed by atoms with Gasteiger partial charge in [0.25, 0.3) is 0 Å². The lowest BCUT2D eigenvalue weighted by molar-refractivity contribution is 0.254. The first-order valence-electron chi connectivity index (χ1n) is 6.83. The van der Waals surface area contributed by atoms with Gasteiger partial charge in [0.1, 0.15) is 4.90 Å². The second-order valence-corrected chi connectivity index (χ2v) is 6.96. The number of aliphatic hydroxyl groups excluding tert-OH is 1. The van der Waals surface area contributed by atoms with Crippen molar-refractivity contribution in [2.75, 3.05) is 6.61 Å². The number of hydrogen-bond acceptors (Lipinski definition) is 4. The van der Waals surface area contributed by atoms with Crippen LogP contribution in [0.2, 0.25) is 5.02 Å². The van der Waals surface area contributed by atoms with E-state index in [2.05, 4.69) is 9.82 Å². The average molecular weight is 344 g/mol. The van der Waals surface area contributed by atoms with Crippen LogP contribution in [0.4, 0.5) is 0 Å². The molecule has 0 amide bonds. The van der Waals surface area contributed by atoms with Gasteiger partial charge in [0.2, 0.25) is 10.0 Å². The zero-order valence-electron chi connectivity index (χ0n) is 12.3. The molecule has 0 aliphatic carbocycles. The van der Waals surface area contributed by atoms with Crippen LogP contribution in [0.5, 0.6) is 0 Å². The van der Waals surface area contributed by atoms with Crippen LogP contribution in [-0.2, 0) is 10.0 Å². The molecule has 0 saturated heterocycles. The van der Waals surface area contributed by atoms with E-state index in [1.54, 1.807) is 38.1 Å². The molecule has 120 valence electrons. The van der Waals surface area contributed by atoms with Crippen molar-refractivity contribution in [1.82, 2.24) is 14.5 Å². The molecule has 2 aromatic rings. The summed E-state index contributed by atoms with van der Waals surface area (Å²) >= 11 is 6.12. The van der Waals surface area contributed by atoms with Gasteiger partial charge >= 0.3 is 0 Å². The first kappa shape index (κ1) is 17.0. The summed E-state index contributed by atoms with van der Waals surface area (Å²) in [5.41, 5.74) is 1.06. The minimum absolute atomic E-state index is 0.0688. The number of hydrogen-bond donors (Lipinski definition) is 2. The van der Waals surface area contributed by atoms with Crippen molar-refractivity contribution in [3.05, 3.63) is 41.2 Å². The van der Waals surface area contributed by atoms with Crippen LogP contribution in [0.15, 0.2) is 35.4 Å². The Labute approximate surface area is 134 Å². The van der Waals surface area contributed by atoms with E-state index in [9.17, 15) is 8.42 Å². The summed E-state index contributed by atoms with van der Waals surface area (Å²) < 4.78 is 28.8. The van der Waals surface area contributed by atoms with E-state index in [0.717, 1.165) is 0 Å². The number of aromatic nitrogens is 2. The van der Waals surface area contributed by atoms with Crippen LogP contribution < -0.4 is 4.72 Å². The monoisotopic (exact) mass is 343 g/mol. The highest BCUT2D eigenvalue weighted by Crippen LogP contribution is 2.24. The van der Waals surface area contributed by atoms with Crippen molar-refractivity contribution in [2.24, 2.45) is 0 Å². The van der Waals surface area contributed by atoms with Gasteiger partial charge in [-0.15, -0.1) is 0 Å². The molecule has 0 saturated carbocycles. The molecular weight excluding hydrogens is 326 g/mol. The van der Waals surface area contributed by atoms with Crippen LogP contribution >= 0.6 is 11.6 Å². The maximum atomic E-state index is 12.4. The fourth-order valence-corrected chi connectivity index (χ4v) is 3.74. The maximum absolute atomic E-state index is 12.4. The topological polar surface area (TPSA) is 84.2 Å². The van der Waals surface area contributed by atoms with E-state index in [0.29, 0.717) is 22.8 Å². The molecule has 6 nitrogen and oxygen atoms in total. The third kappa shape index (κ3) is 3.33. The van der Waals surface area contributed by atoms with Crippen molar-refractivity contribution >= 4 is 21.6 Å². The van der Waals surface area contributed by atoms with Gasteiger partial charge < -0.3 is 5.11 Å². The summed E-state index contributed by atoms with van der Waals surface area (Å²) in [5.74, 6) is 0. The summed E-state index contributed by atoms with van der Waals surface area (Å²) in [5, 5.41) is 13.8. The molecule has 0 spiro atoms. The number of halogens is 1. The highest BCUT2D eigenvalue weighted by atomic mass is 35.5. The predicted octanol–water partition coefficient (Wildman–Crippen LogP) is 1.88. The molecule has 1 aromatic heterocycles. The molecular formula is C14H18ClN3O3S. The lowest BCUT2D eigenvalue weighted by Crippen LogP contribution is -2.37. The quantitative estimate of drug-likeness (QED) is 0.838. The van der Waals surface area contributed by atoms with Gasteiger partial charge in [-0.3, -0.25) is 0 Å². The van der Waals surface area contributed by atoms with E-state index in [1.807, 2.05) is 0 Å². The van der Waals surface area contributed by atoms with E-state index in [1.165, 1.54) is 10.9 Å². The summed E-state index contributed by atoms with van der Waals surface area (Å²) in [7, 11) is -3.75. The average Bonchev–Trinajstić information content (AvgIpc) is 2.88. The summed E-state index contributed by atoms with van der Waals surface area (Å²) in [4.78, 5) is 0.0688. The summed E-state index contributed by atoms with van der Waals surface area (Å²) in [6, 6.07) is 6.54. The third-order valence-corrected chi connectivity index (χ3v) is 5.31. The van der Waals surface area contributed by atoms with E-state index in [-0.39, 0.29) is 11.5 Å². The van der Waals surface area contributed by atoms with Gasteiger partial charge in [0.15, 0.2) is 0 Å². The molecule has 0 aliphatic heterocycles.